The van der Waals surface area contributed by atoms with E-state index in [0.29, 0.717) is 5.56 Å². The van der Waals surface area contributed by atoms with Crippen LogP contribution in [0.25, 0.3) is 10.9 Å². The van der Waals surface area contributed by atoms with E-state index in [0.717, 1.165) is 22.0 Å². The molecule has 0 aliphatic carbocycles. The van der Waals surface area contributed by atoms with Crippen LogP contribution in [-0.4, -0.2) is 50.5 Å². The number of hydrogen-bond acceptors (Lipinski definition) is 6. The first kappa shape index (κ1) is 24.7. The van der Waals surface area contributed by atoms with Gasteiger partial charge in [0.25, 0.3) is 0 Å². The van der Waals surface area contributed by atoms with E-state index in [2.05, 4.69) is 10.3 Å². The summed E-state index contributed by atoms with van der Waals surface area (Å²) in [6.07, 6.45) is 1.74. The number of para-hydroxylation sites is 1. The minimum atomic E-state index is -1.76. The van der Waals surface area contributed by atoms with Crippen molar-refractivity contribution in [1.29, 1.82) is 0 Å². The maximum absolute atomic E-state index is 14.0. The number of fused-ring (bicyclic) bond motifs is 2. The van der Waals surface area contributed by atoms with E-state index in [1.54, 1.807) is 18.3 Å². The highest BCUT2D eigenvalue weighted by molar-refractivity contribution is 6.09. The van der Waals surface area contributed by atoms with Crippen molar-refractivity contribution in [1.82, 2.24) is 15.2 Å². The Hall–Kier alpha value is -4.63. The van der Waals surface area contributed by atoms with Crippen LogP contribution in [0.15, 0.2) is 79.0 Å². The van der Waals surface area contributed by atoms with Gasteiger partial charge < -0.3 is 19.9 Å². The highest BCUT2D eigenvalue weighted by Gasteiger charge is 2.68. The molecule has 0 spiro atoms. The molecule has 3 aromatic carbocycles. The third kappa shape index (κ3) is 3.85. The second-order valence-corrected chi connectivity index (χ2v) is 10.1. The maximum atomic E-state index is 14.0. The number of imide groups is 1. The molecule has 4 aromatic rings. The normalized spacial score (nSPS) is 24.3. The molecule has 2 fully saturated rings. The van der Waals surface area contributed by atoms with Crippen LogP contribution < -0.4 is 10.1 Å². The fourth-order valence-corrected chi connectivity index (χ4v) is 6.17. The number of nitrogens with zero attached hydrogens (tertiary/aromatic N) is 1. The number of carbonyl (C=O) groups excluding carboxylic acids is 2. The van der Waals surface area contributed by atoms with Gasteiger partial charge in [-0.25, -0.2) is 0 Å². The van der Waals surface area contributed by atoms with Crippen LogP contribution in [0.4, 0.5) is 0 Å². The molecule has 2 saturated heterocycles. The molecule has 39 heavy (non-hydrogen) atoms. The van der Waals surface area contributed by atoms with Gasteiger partial charge in [0.15, 0.2) is 11.5 Å². The molecule has 3 heterocycles. The Labute approximate surface area is 224 Å². The van der Waals surface area contributed by atoms with Crippen molar-refractivity contribution in [3.8, 4) is 11.5 Å². The van der Waals surface area contributed by atoms with Crippen molar-refractivity contribution in [2.45, 2.75) is 24.5 Å². The van der Waals surface area contributed by atoms with Gasteiger partial charge in [-0.1, -0.05) is 54.6 Å². The molecule has 4 unspecified atom stereocenters. The van der Waals surface area contributed by atoms with Gasteiger partial charge in [0, 0.05) is 29.6 Å². The summed E-state index contributed by atoms with van der Waals surface area (Å²) in [7, 11) is 1.41. The van der Waals surface area contributed by atoms with Crippen molar-refractivity contribution in [3.05, 3.63) is 95.7 Å². The number of carboxylic acids is 1. The summed E-state index contributed by atoms with van der Waals surface area (Å²) in [5.74, 6) is -4.16. The topological polar surface area (TPSA) is 132 Å². The van der Waals surface area contributed by atoms with Crippen molar-refractivity contribution in [3.63, 3.8) is 0 Å². The maximum Gasteiger partial charge on any atom is 0.325 e. The van der Waals surface area contributed by atoms with Gasteiger partial charge in [0.1, 0.15) is 5.54 Å². The summed E-state index contributed by atoms with van der Waals surface area (Å²) >= 11 is 0. The Morgan fingerprint density at radius 3 is 2.51 bits per heavy atom. The quantitative estimate of drug-likeness (QED) is 0.272. The number of aromatic hydroxyl groups is 1. The first-order chi connectivity index (χ1) is 18.8. The van der Waals surface area contributed by atoms with E-state index in [1.807, 2.05) is 54.6 Å². The number of aromatic nitrogens is 1. The Morgan fingerprint density at radius 2 is 1.77 bits per heavy atom. The second-order valence-electron chi connectivity index (χ2n) is 10.1. The van der Waals surface area contributed by atoms with E-state index < -0.39 is 41.2 Å². The monoisotopic (exact) mass is 525 g/mol. The predicted octanol–water partition coefficient (Wildman–Crippen LogP) is 3.39. The summed E-state index contributed by atoms with van der Waals surface area (Å²) in [4.78, 5) is 45.5. The van der Waals surface area contributed by atoms with Crippen molar-refractivity contribution in [2.24, 2.45) is 11.8 Å². The minimum Gasteiger partial charge on any atom is -0.504 e. The molecule has 0 bridgehead atoms. The third-order valence-corrected chi connectivity index (χ3v) is 8.02. The molecule has 1 aromatic heterocycles. The average molecular weight is 526 g/mol. The molecular formula is C30H27N3O6. The minimum absolute atomic E-state index is 0.0164. The fraction of sp³-hybridized carbons (Fsp3) is 0.233. The molecule has 4 atom stereocenters. The number of H-pyrrole nitrogens is 1. The van der Waals surface area contributed by atoms with Gasteiger partial charge in [-0.2, -0.15) is 0 Å². The number of hydrogen-bond donors (Lipinski definition) is 4. The number of methoxy groups -OCH3 is 1. The molecule has 4 N–H and O–H groups in total. The molecule has 0 radical (unpaired) electrons. The number of likely N-dealkylation sites (tertiary alicyclic amines) is 1. The van der Waals surface area contributed by atoms with Crippen molar-refractivity contribution < 1.29 is 29.3 Å². The molecule has 2 amide bonds. The summed E-state index contributed by atoms with van der Waals surface area (Å²) in [5, 5.41) is 25.0. The van der Waals surface area contributed by atoms with Crippen LogP contribution in [0.1, 0.15) is 22.7 Å². The first-order valence-corrected chi connectivity index (χ1v) is 12.7. The highest BCUT2D eigenvalue weighted by Crippen LogP contribution is 2.51. The summed E-state index contributed by atoms with van der Waals surface area (Å²) in [6.45, 7) is 0.0555. The molecule has 2 aliphatic heterocycles. The van der Waals surface area contributed by atoms with E-state index in [9.17, 15) is 24.6 Å². The van der Waals surface area contributed by atoms with Crippen LogP contribution in [0.2, 0.25) is 0 Å². The largest absolute Gasteiger partial charge is 0.504 e. The van der Waals surface area contributed by atoms with Crippen LogP contribution in [0.3, 0.4) is 0 Å². The summed E-state index contributed by atoms with van der Waals surface area (Å²) in [5.41, 5.74) is 1.13. The van der Waals surface area contributed by atoms with Gasteiger partial charge in [-0.05, 0) is 34.9 Å². The Bertz CT molecular complexity index is 1600. The van der Waals surface area contributed by atoms with Gasteiger partial charge in [-0.15, -0.1) is 0 Å². The lowest BCUT2D eigenvalue weighted by Crippen LogP contribution is -2.57. The standard InChI is InChI=1S/C30H27N3O6/c1-39-23-13-18(11-12-22(23)34)26-24-25(28(36)33(27(24)35)16-17-7-3-2-4-8-17)30(32-26,29(37)38)14-19-15-31-21-10-6-5-9-20(19)21/h2-13,15,24-26,31-32,34H,14,16H2,1H3,(H,37,38). The number of aromatic amines is 1. The highest BCUT2D eigenvalue weighted by atomic mass is 16.5. The van der Waals surface area contributed by atoms with E-state index in [-0.39, 0.29) is 24.5 Å². The number of carbonyl (C=O) groups is 3. The van der Waals surface area contributed by atoms with E-state index in [1.165, 1.54) is 18.1 Å². The lowest BCUT2D eigenvalue weighted by atomic mass is 9.76. The number of phenols is 1. The number of nitrogens with one attached hydrogen (secondary N) is 2. The fourth-order valence-electron chi connectivity index (χ4n) is 6.17. The molecule has 6 rings (SSSR count). The third-order valence-electron chi connectivity index (χ3n) is 8.02. The number of amides is 2. The number of carboxylic acid groups (broad SMARTS) is 1. The molecule has 9 heteroatoms. The number of aliphatic carboxylic acids is 1. The number of benzene rings is 3. The lowest BCUT2D eigenvalue weighted by molar-refractivity contribution is -0.151. The van der Waals surface area contributed by atoms with Gasteiger partial charge in [0.2, 0.25) is 11.8 Å². The first-order valence-electron chi connectivity index (χ1n) is 12.7. The zero-order valence-corrected chi connectivity index (χ0v) is 21.1. The van der Waals surface area contributed by atoms with E-state index >= 15 is 0 Å². The molecule has 198 valence electrons. The molecule has 2 aliphatic rings. The van der Waals surface area contributed by atoms with Crippen LogP contribution >= 0.6 is 0 Å². The average Bonchev–Trinajstić information content (AvgIpc) is 3.59. The van der Waals surface area contributed by atoms with Crippen LogP contribution in [-0.2, 0) is 27.3 Å². The summed E-state index contributed by atoms with van der Waals surface area (Å²) < 4.78 is 5.28. The van der Waals surface area contributed by atoms with Gasteiger partial charge in [-0.3, -0.25) is 24.6 Å². The predicted molar refractivity (Wildman–Crippen MR) is 142 cm³/mol. The van der Waals surface area contributed by atoms with Gasteiger partial charge >= 0.3 is 5.97 Å². The second kappa shape index (κ2) is 9.28. The number of ether oxygens (including phenoxy) is 1. The smallest absolute Gasteiger partial charge is 0.325 e. The van der Waals surface area contributed by atoms with Gasteiger partial charge in [0.05, 0.1) is 25.5 Å². The van der Waals surface area contributed by atoms with Crippen molar-refractivity contribution >= 4 is 28.7 Å². The summed E-state index contributed by atoms with van der Waals surface area (Å²) in [6, 6.07) is 20.5. The lowest BCUT2D eigenvalue weighted by Gasteiger charge is -2.31. The number of phenolic OH excluding ortho intramolecular Hbond substituents is 1. The van der Waals surface area contributed by atoms with Crippen LogP contribution in [0, 0.1) is 11.8 Å². The van der Waals surface area contributed by atoms with Crippen LogP contribution in [0.5, 0.6) is 11.5 Å². The number of rotatable bonds is 7. The van der Waals surface area contributed by atoms with Crippen molar-refractivity contribution in [2.75, 3.05) is 7.11 Å². The van der Waals surface area contributed by atoms with E-state index in [4.69, 9.17) is 4.74 Å². The molecule has 9 nitrogen and oxygen atoms in total. The Balaban J connectivity index is 1.48. The zero-order chi connectivity index (χ0) is 27.3. The SMILES string of the molecule is COc1cc(C2NC(Cc3c[nH]c4ccccc34)(C(=O)O)C3C(=O)N(Cc4ccccc4)C(=O)C23)ccc1O. The Morgan fingerprint density at radius 1 is 1.03 bits per heavy atom. The Kier molecular flexibility index (Phi) is 5.88. The zero-order valence-electron chi connectivity index (χ0n) is 21.1. The molecule has 0 saturated carbocycles. The molecular weight excluding hydrogens is 498 g/mol.